The summed E-state index contributed by atoms with van der Waals surface area (Å²) in [4.78, 5) is 7.39. The number of hydrogen-bond donors (Lipinski definition) is 0. The van der Waals surface area contributed by atoms with Crippen LogP contribution >= 0.6 is 0 Å². The largest absolute Gasteiger partial charge is 0.327 e. The molecule has 0 spiro atoms. The van der Waals surface area contributed by atoms with Crippen molar-refractivity contribution in [3.05, 3.63) is 30.6 Å². The number of benzene rings is 1. The third kappa shape index (κ3) is 2.28. The maximum Gasteiger partial charge on any atom is 0.0960 e. The van der Waals surface area contributed by atoms with Gasteiger partial charge in [0.2, 0.25) is 0 Å². The molecule has 1 aromatic heterocycles. The molecular formula is C18H25N3. The van der Waals surface area contributed by atoms with Crippen LogP contribution in [0.5, 0.6) is 0 Å². The van der Waals surface area contributed by atoms with E-state index in [1.165, 1.54) is 50.6 Å². The lowest BCUT2D eigenvalue weighted by molar-refractivity contribution is 0.107. The zero-order valence-electron chi connectivity index (χ0n) is 12.9. The number of hydrogen-bond acceptors (Lipinski definition) is 2. The van der Waals surface area contributed by atoms with Gasteiger partial charge in [-0.1, -0.05) is 25.5 Å². The third-order valence-corrected chi connectivity index (χ3v) is 5.50. The first kappa shape index (κ1) is 13.3. The predicted molar refractivity (Wildman–Crippen MR) is 86.4 cm³/mol. The van der Waals surface area contributed by atoms with Crippen molar-refractivity contribution >= 4 is 11.0 Å². The van der Waals surface area contributed by atoms with E-state index < -0.39 is 0 Å². The summed E-state index contributed by atoms with van der Waals surface area (Å²) >= 11 is 0. The summed E-state index contributed by atoms with van der Waals surface area (Å²) in [5, 5.41) is 0. The molecule has 2 unspecified atom stereocenters. The van der Waals surface area contributed by atoms with E-state index in [-0.39, 0.29) is 0 Å². The molecule has 3 heterocycles. The van der Waals surface area contributed by atoms with E-state index in [1.807, 2.05) is 0 Å². The van der Waals surface area contributed by atoms with Crippen molar-refractivity contribution in [2.75, 3.05) is 6.54 Å². The molecule has 0 saturated carbocycles. The van der Waals surface area contributed by atoms with Crippen LogP contribution in [0.1, 0.15) is 51.5 Å². The highest BCUT2D eigenvalue weighted by Gasteiger charge is 2.40. The maximum atomic E-state index is 4.58. The van der Waals surface area contributed by atoms with Crippen LogP contribution in [0.2, 0.25) is 0 Å². The van der Waals surface area contributed by atoms with Gasteiger partial charge in [0.25, 0.3) is 0 Å². The number of para-hydroxylation sites is 2. The minimum atomic E-state index is 0.646. The molecule has 2 bridgehead atoms. The fraction of sp³-hybridized carbons (Fsp3) is 0.611. The molecule has 0 N–H and O–H groups in total. The average molecular weight is 283 g/mol. The maximum absolute atomic E-state index is 4.58. The second-order valence-corrected chi connectivity index (χ2v) is 6.74. The monoisotopic (exact) mass is 283 g/mol. The summed E-state index contributed by atoms with van der Waals surface area (Å²) in [5.74, 6) is 0. The molecular weight excluding hydrogens is 258 g/mol. The van der Waals surface area contributed by atoms with Crippen molar-refractivity contribution in [2.24, 2.45) is 0 Å². The van der Waals surface area contributed by atoms with Crippen LogP contribution in [0.3, 0.4) is 0 Å². The first-order chi connectivity index (χ1) is 10.4. The number of rotatable bonds is 4. The summed E-state index contributed by atoms with van der Waals surface area (Å²) in [6, 6.07) is 10.8. The highest BCUT2D eigenvalue weighted by molar-refractivity contribution is 5.75. The van der Waals surface area contributed by atoms with E-state index in [4.69, 9.17) is 0 Å². The molecule has 0 aliphatic carbocycles. The van der Waals surface area contributed by atoms with Gasteiger partial charge >= 0.3 is 0 Å². The number of aromatic nitrogens is 2. The Morgan fingerprint density at radius 1 is 1.10 bits per heavy atom. The van der Waals surface area contributed by atoms with E-state index >= 15 is 0 Å². The quantitative estimate of drug-likeness (QED) is 0.845. The molecule has 2 aliphatic rings. The van der Waals surface area contributed by atoms with Gasteiger partial charge < -0.3 is 4.57 Å². The number of fused-ring (bicyclic) bond motifs is 3. The molecule has 4 rings (SSSR count). The molecule has 2 aromatic rings. The van der Waals surface area contributed by atoms with Crippen molar-refractivity contribution in [1.29, 1.82) is 0 Å². The van der Waals surface area contributed by atoms with Crippen molar-refractivity contribution < 1.29 is 0 Å². The topological polar surface area (TPSA) is 21.1 Å². The molecule has 0 radical (unpaired) electrons. The summed E-state index contributed by atoms with van der Waals surface area (Å²) < 4.78 is 2.44. The van der Waals surface area contributed by atoms with Gasteiger partial charge in [0, 0.05) is 18.1 Å². The lowest BCUT2D eigenvalue weighted by Gasteiger charge is -2.39. The van der Waals surface area contributed by atoms with Crippen LogP contribution in [-0.2, 0) is 0 Å². The molecule has 21 heavy (non-hydrogen) atoms. The van der Waals surface area contributed by atoms with E-state index in [0.29, 0.717) is 6.04 Å². The molecule has 3 nitrogen and oxygen atoms in total. The van der Waals surface area contributed by atoms with Crippen molar-refractivity contribution in [3.8, 4) is 0 Å². The zero-order chi connectivity index (χ0) is 14.2. The van der Waals surface area contributed by atoms with Crippen molar-refractivity contribution in [2.45, 2.75) is 63.6 Å². The van der Waals surface area contributed by atoms with Crippen LogP contribution in [0.25, 0.3) is 11.0 Å². The van der Waals surface area contributed by atoms with Crippen molar-refractivity contribution in [1.82, 2.24) is 14.5 Å². The Kier molecular flexibility index (Phi) is 3.46. The van der Waals surface area contributed by atoms with E-state index in [9.17, 15) is 0 Å². The zero-order valence-corrected chi connectivity index (χ0v) is 12.9. The minimum absolute atomic E-state index is 0.646. The van der Waals surface area contributed by atoms with E-state index in [1.54, 1.807) is 0 Å². The number of piperidine rings is 1. The highest BCUT2D eigenvalue weighted by Crippen LogP contribution is 2.41. The van der Waals surface area contributed by atoms with Gasteiger partial charge in [0.1, 0.15) is 0 Å². The van der Waals surface area contributed by atoms with Gasteiger partial charge in [0.15, 0.2) is 0 Å². The lowest BCUT2D eigenvalue weighted by atomic mass is 9.96. The molecule has 2 atom stereocenters. The smallest absolute Gasteiger partial charge is 0.0960 e. The summed E-state index contributed by atoms with van der Waals surface area (Å²) in [6.07, 6.45) is 10.1. The lowest BCUT2D eigenvalue weighted by Crippen LogP contribution is -2.43. The molecule has 2 saturated heterocycles. The van der Waals surface area contributed by atoms with E-state index in [0.717, 1.165) is 17.6 Å². The molecule has 2 fully saturated rings. The fourth-order valence-electron chi connectivity index (χ4n) is 4.45. The molecule has 3 heteroatoms. The second kappa shape index (κ2) is 5.45. The Morgan fingerprint density at radius 2 is 1.86 bits per heavy atom. The molecule has 1 aromatic carbocycles. The standard InChI is InChI=1S/C18H25N3/c1-2-3-10-20-14-8-9-15(20)12-16(11-14)21-13-19-17-6-4-5-7-18(17)21/h4-7,13-16H,2-3,8-12H2,1H3. The summed E-state index contributed by atoms with van der Waals surface area (Å²) in [7, 11) is 0. The Morgan fingerprint density at radius 3 is 2.62 bits per heavy atom. The van der Waals surface area contributed by atoms with Crippen molar-refractivity contribution in [3.63, 3.8) is 0 Å². The Hall–Kier alpha value is -1.35. The number of imidazole rings is 1. The molecule has 2 aliphatic heterocycles. The van der Waals surface area contributed by atoms with Gasteiger partial charge in [0.05, 0.1) is 17.4 Å². The van der Waals surface area contributed by atoms with Gasteiger partial charge in [-0.2, -0.15) is 0 Å². The van der Waals surface area contributed by atoms with Gasteiger partial charge in [-0.15, -0.1) is 0 Å². The number of unbranched alkanes of at least 4 members (excludes halogenated alkanes) is 1. The minimum Gasteiger partial charge on any atom is -0.327 e. The predicted octanol–water partition coefficient (Wildman–Crippen LogP) is 4.00. The van der Waals surface area contributed by atoms with Crippen LogP contribution in [0, 0.1) is 0 Å². The first-order valence-corrected chi connectivity index (χ1v) is 8.54. The van der Waals surface area contributed by atoms with E-state index in [2.05, 4.69) is 52.0 Å². The third-order valence-electron chi connectivity index (χ3n) is 5.50. The first-order valence-electron chi connectivity index (χ1n) is 8.54. The van der Waals surface area contributed by atoms with Crippen LogP contribution in [0.15, 0.2) is 30.6 Å². The molecule has 112 valence electrons. The van der Waals surface area contributed by atoms with Crippen LogP contribution in [0.4, 0.5) is 0 Å². The number of nitrogens with zero attached hydrogens (tertiary/aromatic N) is 3. The summed E-state index contributed by atoms with van der Waals surface area (Å²) in [5.41, 5.74) is 2.45. The van der Waals surface area contributed by atoms with Gasteiger partial charge in [-0.05, 0) is 50.8 Å². The Bertz CT molecular complexity index is 604. The summed E-state index contributed by atoms with van der Waals surface area (Å²) in [6.45, 7) is 3.61. The van der Waals surface area contributed by atoms with Crippen LogP contribution in [-0.4, -0.2) is 33.1 Å². The normalized spacial score (nSPS) is 29.3. The highest BCUT2D eigenvalue weighted by atomic mass is 15.2. The SMILES string of the molecule is CCCCN1C2CCC1CC(n1cnc3ccccc31)C2. The Balaban J connectivity index is 1.56. The second-order valence-electron chi connectivity index (χ2n) is 6.74. The Labute approximate surface area is 127 Å². The fourth-order valence-corrected chi connectivity index (χ4v) is 4.45. The molecule has 0 amide bonds. The van der Waals surface area contributed by atoms with Crippen LogP contribution < -0.4 is 0 Å². The average Bonchev–Trinajstić information content (AvgIpc) is 3.04. The van der Waals surface area contributed by atoms with Gasteiger partial charge in [-0.25, -0.2) is 4.98 Å². The van der Waals surface area contributed by atoms with Gasteiger partial charge in [-0.3, -0.25) is 4.90 Å².